The minimum atomic E-state index is -3.58. The summed E-state index contributed by atoms with van der Waals surface area (Å²) in [5.41, 5.74) is 4.98. The predicted octanol–water partition coefficient (Wildman–Crippen LogP) is 2.40. The zero-order valence-electron chi connectivity index (χ0n) is 12.6. The van der Waals surface area contributed by atoms with E-state index in [9.17, 15) is 13.2 Å². The normalized spacial score (nSPS) is 19.0. The topological polar surface area (TPSA) is 80.5 Å². The molecule has 0 saturated carbocycles. The van der Waals surface area contributed by atoms with Crippen LogP contribution in [0.3, 0.4) is 0 Å². The number of carbonyl (C=O) groups is 1. The third kappa shape index (κ3) is 3.29. The molecule has 1 aliphatic rings. The van der Waals surface area contributed by atoms with Gasteiger partial charge >= 0.3 is 0 Å². The Bertz CT molecular complexity index is 653. The molecule has 1 fully saturated rings. The molecule has 1 amide bonds. The molecule has 1 aromatic carbocycles. The van der Waals surface area contributed by atoms with Gasteiger partial charge in [-0.25, -0.2) is 8.42 Å². The molecule has 122 valence electrons. The molecule has 2 N–H and O–H groups in total. The Hall–Kier alpha value is -1.11. The van der Waals surface area contributed by atoms with Crippen molar-refractivity contribution in [3.8, 4) is 0 Å². The van der Waals surface area contributed by atoms with E-state index in [1.54, 1.807) is 12.1 Å². The van der Waals surface area contributed by atoms with Gasteiger partial charge in [0.25, 0.3) is 0 Å². The molecule has 2 rings (SSSR count). The highest BCUT2D eigenvalue weighted by molar-refractivity contribution is 7.89. The molecule has 1 aromatic rings. The Kier molecular flexibility index (Phi) is 5.14. The van der Waals surface area contributed by atoms with E-state index in [2.05, 4.69) is 0 Å². The van der Waals surface area contributed by atoms with Gasteiger partial charge in [-0.1, -0.05) is 31.0 Å². The summed E-state index contributed by atoms with van der Waals surface area (Å²) in [5, 5.41) is 0.385. The van der Waals surface area contributed by atoms with Crippen LogP contribution in [0.4, 0.5) is 0 Å². The van der Waals surface area contributed by atoms with Gasteiger partial charge in [-0.3, -0.25) is 4.79 Å². The first kappa shape index (κ1) is 17.2. The standard InChI is InChI=1S/C15H21ClN2O3S/c1-2-6-15(14(17)19)7-9-18(10-8-15)22(20,21)13-5-3-4-12(16)11-13/h3-5,11H,2,6-10H2,1H3,(H2,17,19). The number of carbonyl (C=O) groups excluding carboxylic acids is 1. The van der Waals surface area contributed by atoms with Crippen LogP contribution in [0.2, 0.25) is 5.02 Å². The molecule has 0 unspecified atom stereocenters. The highest BCUT2D eigenvalue weighted by Crippen LogP contribution is 2.37. The van der Waals surface area contributed by atoms with Gasteiger partial charge in [-0.2, -0.15) is 4.31 Å². The van der Waals surface area contributed by atoms with Gasteiger partial charge in [0.1, 0.15) is 0 Å². The Balaban J connectivity index is 2.18. The zero-order valence-corrected chi connectivity index (χ0v) is 14.2. The van der Waals surface area contributed by atoms with Crippen LogP contribution in [0.5, 0.6) is 0 Å². The van der Waals surface area contributed by atoms with Crippen LogP contribution in [-0.4, -0.2) is 31.7 Å². The summed E-state index contributed by atoms with van der Waals surface area (Å²) in [4.78, 5) is 12.0. The third-order valence-electron chi connectivity index (χ3n) is 4.36. The van der Waals surface area contributed by atoms with E-state index in [4.69, 9.17) is 17.3 Å². The Morgan fingerprint density at radius 1 is 1.36 bits per heavy atom. The Morgan fingerprint density at radius 3 is 2.50 bits per heavy atom. The maximum absolute atomic E-state index is 12.6. The number of nitrogens with zero attached hydrogens (tertiary/aromatic N) is 1. The van der Waals surface area contributed by atoms with Crippen LogP contribution in [-0.2, 0) is 14.8 Å². The van der Waals surface area contributed by atoms with Gasteiger partial charge < -0.3 is 5.73 Å². The second-order valence-corrected chi connectivity index (χ2v) is 8.13. The summed E-state index contributed by atoms with van der Waals surface area (Å²) in [6.45, 7) is 2.61. The number of benzene rings is 1. The number of hydrogen-bond donors (Lipinski definition) is 1. The SMILES string of the molecule is CCCC1(C(N)=O)CCN(S(=O)(=O)c2cccc(Cl)c2)CC1. The summed E-state index contributed by atoms with van der Waals surface area (Å²) in [6.07, 6.45) is 2.49. The van der Waals surface area contributed by atoms with Gasteiger partial charge in [-0.05, 0) is 37.5 Å². The van der Waals surface area contributed by atoms with Crippen molar-refractivity contribution < 1.29 is 13.2 Å². The Morgan fingerprint density at radius 2 is 2.00 bits per heavy atom. The zero-order chi connectivity index (χ0) is 16.4. The van der Waals surface area contributed by atoms with Gasteiger partial charge in [0.15, 0.2) is 0 Å². The fraction of sp³-hybridized carbons (Fsp3) is 0.533. The molecular formula is C15H21ClN2O3S. The summed E-state index contributed by atoms with van der Waals surface area (Å²) < 4.78 is 26.7. The summed E-state index contributed by atoms with van der Waals surface area (Å²) in [7, 11) is -3.58. The molecule has 7 heteroatoms. The Labute approximate surface area is 136 Å². The number of hydrogen-bond acceptors (Lipinski definition) is 3. The molecule has 5 nitrogen and oxygen atoms in total. The molecule has 22 heavy (non-hydrogen) atoms. The van der Waals surface area contributed by atoms with Crippen LogP contribution in [0.1, 0.15) is 32.6 Å². The van der Waals surface area contributed by atoms with E-state index in [-0.39, 0.29) is 10.8 Å². The second kappa shape index (κ2) is 6.56. The maximum Gasteiger partial charge on any atom is 0.243 e. The van der Waals surface area contributed by atoms with Crippen LogP contribution < -0.4 is 5.73 Å². The molecule has 0 aliphatic carbocycles. The van der Waals surface area contributed by atoms with Crippen LogP contribution >= 0.6 is 11.6 Å². The molecule has 0 bridgehead atoms. The van der Waals surface area contributed by atoms with Gasteiger partial charge in [0.05, 0.1) is 10.3 Å². The van der Waals surface area contributed by atoms with Crippen molar-refractivity contribution in [3.63, 3.8) is 0 Å². The number of primary amides is 1. The largest absolute Gasteiger partial charge is 0.369 e. The van der Waals surface area contributed by atoms with Crippen LogP contribution in [0, 0.1) is 5.41 Å². The van der Waals surface area contributed by atoms with Gasteiger partial charge in [0.2, 0.25) is 15.9 Å². The highest BCUT2D eigenvalue weighted by atomic mass is 35.5. The smallest absolute Gasteiger partial charge is 0.243 e. The van der Waals surface area contributed by atoms with Gasteiger partial charge in [-0.15, -0.1) is 0 Å². The molecule has 0 atom stereocenters. The molecule has 1 saturated heterocycles. The lowest BCUT2D eigenvalue weighted by atomic mass is 9.75. The van der Waals surface area contributed by atoms with Crippen molar-refractivity contribution in [1.29, 1.82) is 0 Å². The molecule has 0 spiro atoms. The molecular weight excluding hydrogens is 324 g/mol. The van der Waals surface area contributed by atoms with Crippen molar-refractivity contribution in [2.24, 2.45) is 11.1 Å². The fourth-order valence-corrected chi connectivity index (χ4v) is 4.77. The number of amides is 1. The van der Waals surface area contributed by atoms with Gasteiger partial charge in [0, 0.05) is 18.1 Å². The number of rotatable bonds is 5. The minimum Gasteiger partial charge on any atom is -0.369 e. The van der Waals surface area contributed by atoms with E-state index >= 15 is 0 Å². The number of piperidine rings is 1. The lowest BCUT2D eigenvalue weighted by Crippen LogP contribution is -2.48. The molecule has 1 heterocycles. The second-order valence-electron chi connectivity index (χ2n) is 5.76. The maximum atomic E-state index is 12.6. The third-order valence-corrected chi connectivity index (χ3v) is 6.49. The predicted molar refractivity (Wildman–Crippen MR) is 86.0 cm³/mol. The summed E-state index contributed by atoms with van der Waals surface area (Å²) in [5.74, 6) is -0.325. The quantitative estimate of drug-likeness (QED) is 0.890. The highest BCUT2D eigenvalue weighted by Gasteiger charge is 2.41. The monoisotopic (exact) mass is 344 g/mol. The summed E-state index contributed by atoms with van der Waals surface area (Å²) >= 11 is 5.87. The van der Waals surface area contributed by atoms with Crippen molar-refractivity contribution in [1.82, 2.24) is 4.31 Å². The molecule has 0 aromatic heterocycles. The fourth-order valence-electron chi connectivity index (χ4n) is 3.03. The van der Waals surface area contributed by atoms with Crippen molar-refractivity contribution in [2.75, 3.05) is 13.1 Å². The van der Waals surface area contributed by atoms with E-state index in [0.29, 0.717) is 37.4 Å². The van der Waals surface area contributed by atoms with E-state index in [1.165, 1.54) is 16.4 Å². The number of sulfonamides is 1. The van der Waals surface area contributed by atoms with E-state index in [0.717, 1.165) is 6.42 Å². The molecule has 1 aliphatic heterocycles. The first-order chi connectivity index (χ1) is 10.3. The first-order valence-corrected chi connectivity index (χ1v) is 9.19. The minimum absolute atomic E-state index is 0.182. The summed E-state index contributed by atoms with van der Waals surface area (Å²) in [6, 6.07) is 6.22. The molecule has 0 radical (unpaired) electrons. The number of nitrogens with two attached hydrogens (primary N) is 1. The van der Waals surface area contributed by atoms with Crippen molar-refractivity contribution in [3.05, 3.63) is 29.3 Å². The average Bonchev–Trinajstić information content (AvgIpc) is 2.48. The number of halogens is 1. The average molecular weight is 345 g/mol. The van der Waals surface area contributed by atoms with Crippen LogP contribution in [0.25, 0.3) is 0 Å². The first-order valence-electron chi connectivity index (χ1n) is 7.37. The van der Waals surface area contributed by atoms with E-state index < -0.39 is 15.4 Å². The lowest BCUT2D eigenvalue weighted by Gasteiger charge is -2.39. The van der Waals surface area contributed by atoms with Crippen LogP contribution in [0.15, 0.2) is 29.2 Å². The lowest BCUT2D eigenvalue weighted by molar-refractivity contribution is -0.130. The van der Waals surface area contributed by atoms with Crippen molar-refractivity contribution in [2.45, 2.75) is 37.5 Å². The van der Waals surface area contributed by atoms with Crippen molar-refractivity contribution >= 4 is 27.5 Å². The van der Waals surface area contributed by atoms with E-state index in [1.807, 2.05) is 6.92 Å².